The molecule has 0 atom stereocenters. The lowest BCUT2D eigenvalue weighted by molar-refractivity contribution is 0.0952. The first kappa shape index (κ1) is 15.8. The Hall–Kier alpha value is -1.62. The highest BCUT2D eigenvalue weighted by Gasteiger charge is 2.14. The van der Waals surface area contributed by atoms with Gasteiger partial charge in [0.2, 0.25) is 0 Å². The fraction of sp³-hybridized carbons (Fsp3) is 0.375. The van der Waals surface area contributed by atoms with Gasteiger partial charge in [-0.15, -0.1) is 0 Å². The molecule has 1 N–H and O–H groups in total. The summed E-state index contributed by atoms with van der Waals surface area (Å²) < 4.78 is 2.72. The lowest BCUT2D eigenvalue weighted by Gasteiger charge is -2.19. The topological polar surface area (TPSA) is 46.9 Å². The Morgan fingerprint density at radius 2 is 1.95 bits per heavy atom. The van der Waals surface area contributed by atoms with Crippen LogP contribution in [0.1, 0.15) is 36.7 Å². The Morgan fingerprint density at radius 1 is 1.29 bits per heavy atom. The van der Waals surface area contributed by atoms with Crippen LogP contribution >= 0.6 is 15.9 Å². The molecular weight excluding hydrogens is 330 g/mol. The van der Waals surface area contributed by atoms with Crippen LogP contribution in [0.2, 0.25) is 0 Å². The van der Waals surface area contributed by atoms with Gasteiger partial charge < -0.3 is 5.32 Å². The highest BCUT2D eigenvalue weighted by atomic mass is 79.9. The van der Waals surface area contributed by atoms with Gasteiger partial charge in [-0.05, 0) is 39.0 Å². The second-order valence-corrected chi connectivity index (χ2v) is 6.92. The summed E-state index contributed by atoms with van der Waals surface area (Å²) in [5.74, 6) is -0.0540. The SMILES string of the molecule is CC(C)(C)c1ccc(C(=O)NCCn2cc(Br)cn2)cc1. The molecule has 0 fully saturated rings. The molecule has 0 unspecified atom stereocenters. The van der Waals surface area contributed by atoms with Crippen molar-refractivity contribution < 1.29 is 4.79 Å². The van der Waals surface area contributed by atoms with E-state index < -0.39 is 0 Å². The fourth-order valence-corrected chi connectivity index (χ4v) is 2.30. The van der Waals surface area contributed by atoms with Crippen LogP contribution in [0, 0.1) is 0 Å². The van der Waals surface area contributed by atoms with Crippen molar-refractivity contribution in [2.75, 3.05) is 6.54 Å². The molecule has 1 aromatic heterocycles. The first-order valence-corrected chi connectivity index (χ1v) is 7.72. The maximum absolute atomic E-state index is 12.1. The number of halogens is 1. The van der Waals surface area contributed by atoms with E-state index in [2.05, 4.69) is 47.1 Å². The number of benzene rings is 1. The van der Waals surface area contributed by atoms with Gasteiger partial charge in [0, 0.05) is 18.3 Å². The smallest absolute Gasteiger partial charge is 0.251 e. The molecule has 1 heterocycles. The molecule has 0 spiro atoms. The minimum absolute atomic E-state index is 0.0540. The Morgan fingerprint density at radius 3 is 2.48 bits per heavy atom. The van der Waals surface area contributed by atoms with Crippen molar-refractivity contribution in [1.82, 2.24) is 15.1 Å². The molecule has 0 saturated heterocycles. The van der Waals surface area contributed by atoms with Crippen molar-refractivity contribution in [3.8, 4) is 0 Å². The van der Waals surface area contributed by atoms with Crippen LogP contribution in [0.5, 0.6) is 0 Å². The van der Waals surface area contributed by atoms with Crippen LogP contribution in [-0.4, -0.2) is 22.2 Å². The third-order valence-corrected chi connectivity index (χ3v) is 3.65. The number of hydrogen-bond donors (Lipinski definition) is 1. The van der Waals surface area contributed by atoms with Crippen LogP contribution in [0.4, 0.5) is 0 Å². The number of nitrogens with zero attached hydrogens (tertiary/aromatic N) is 2. The minimum Gasteiger partial charge on any atom is -0.350 e. The second-order valence-electron chi connectivity index (χ2n) is 6.00. The van der Waals surface area contributed by atoms with Gasteiger partial charge in [-0.1, -0.05) is 32.9 Å². The van der Waals surface area contributed by atoms with Crippen LogP contribution < -0.4 is 5.32 Å². The molecule has 1 amide bonds. The average Bonchev–Trinajstić information content (AvgIpc) is 2.83. The van der Waals surface area contributed by atoms with Gasteiger partial charge in [0.1, 0.15) is 0 Å². The first-order valence-electron chi connectivity index (χ1n) is 6.93. The second kappa shape index (κ2) is 6.43. The molecule has 0 aliphatic heterocycles. The molecule has 5 heteroatoms. The van der Waals surface area contributed by atoms with Crippen molar-refractivity contribution >= 4 is 21.8 Å². The molecule has 4 nitrogen and oxygen atoms in total. The summed E-state index contributed by atoms with van der Waals surface area (Å²) in [6, 6.07) is 7.78. The van der Waals surface area contributed by atoms with E-state index in [1.165, 1.54) is 5.56 Å². The summed E-state index contributed by atoms with van der Waals surface area (Å²) in [4.78, 5) is 12.1. The lowest BCUT2D eigenvalue weighted by atomic mass is 9.87. The van der Waals surface area contributed by atoms with E-state index in [4.69, 9.17) is 0 Å². The van der Waals surface area contributed by atoms with Gasteiger partial charge in [-0.25, -0.2) is 0 Å². The average molecular weight is 350 g/mol. The highest BCUT2D eigenvalue weighted by molar-refractivity contribution is 9.10. The van der Waals surface area contributed by atoms with Crippen LogP contribution in [-0.2, 0) is 12.0 Å². The predicted octanol–water partition coefficient (Wildman–Crippen LogP) is 3.37. The van der Waals surface area contributed by atoms with Gasteiger partial charge in [0.15, 0.2) is 0 Å². The number of carbonyl (C=O) groups excluding carboxylic acids is 1. The molecule has 112 valence electrons. The maximum Gasteiger partial charge on any atom is 0.251 e. The quantitative estimate of drug-likeness (QED) is 0.919. The largest absolute Gasteiger partial charge is 0.350 e. The van der Waals surface area contributed by atoms with Gasteiger partial charge >= 0.3 is 0 Å². The van der Waals surface area contributed by atoms with Crippen LogP contribution in [0.15, 0.2) is 41.1 Å². The third-order valence-electron chi connectivity index (χ3n) is 3.24. The van der Waals surface area contributed by atoms with E-state index in [0.717, 1.165) is 4.47 Å². The number of amides is 1. The molecule has 2 rings (SSSR count). The van der Waals surface area contributed by atoms with Crippen molar-refractivity contribution in [2.45, 2.75) is 32.7 Å². The van der Waals surface area contributed by atoms with Crippen LogP contribution in [0.3, 0.4) is 0 Å². The number of aromatic nitrogens is 2. The zero-order valence-electron chi connectivity index (χ0n) is 12.6. The van der Waals surface area contributed by atoms with Crippen LogP contribution in [0.25, 0.3) is 0 Å². The minimum atomic E-state index is -0.0540. The standard InChI is InChI=1S/C16H20BrN3O/c1-16(2,3)13-6-4-12(5-7-13)15(21)18-8-9-20-11-14(17)10-19-20/h4-7,10-11H,8-9H2,1-3H3,(H,18,21). The van der Waals surface area contributed by atoms with Crippen molar-refractivity contribution in [1.29, 1.82) is 0 Å². The molecule has 0 aliphatic carbocycles. The van der Waals surface area contributed by atoms with E-state index in [1.54, 1.807) is 10.9 Å². The van der Waals surface area contributed by atoms with Gasteiger partial charge in [0.25, 0.3) is 5.91 Å². The number of hydrogen-bond acceptors (Lipinski definition) is 2. The van der Waals surface area contributed by atoms with Gasteiger partial charge in [0.05, 0.1) is 17.2 Å². The van der Waals surface area contributed by atoms with Crippen molar-refractivity contribution in [3.05, 3.63) is 52.3 Å². The highest BCUT2D eigenvalue weighted by Crippen LogP contribution is 2.22. The molecule has 0 aliphatic rings. The zero-order chi connectivity index (χ0) is 15.5. The summed E-state index contributed by atoms with van der Waals surface area (Å²) in [5, 5.41) is 7.04. The van der Waals surface area contributed by atoms with E-state index in [1.807, 2.05) is 30.5 Å². The van der Waals surface area contributed by atoms with E-state index in [-0.39, 0.29) is 11.3 Å². The summed E-state index contributed by atoms with van der Waals surface area (Å²) in [5.41, 5.74) is 2.01. The summed E-state index contributed by atoms with van der Waals surface area (Å²) in [6.07, 6.45) is 3.61. The zero-order valence-corrected chi connectivity index (χ0v) is 14.1. The number of nitrogens with one attached hydrogen (secondary N) is 1. The Labute approximate surface area is 133 Å². The maximum atomic E-state index is 12.1. The molecule has 0 saturated carbocycles. The van der Waals surface area contributed by atoms with Gasteiger partial charge in [-0.3, -0.25) is 9.48 Å². The Kier molecular flexibility index (Phi) is 4.83. The van der Waals surface area contributed by atoms with Crippen molar-refractivity contribution in [2.24, 2.45) is 0 Å². The molecule has 2 aromatic rings. The van der Waals surface area contributed by atoms with E-state index >= 15 is 0 Å². The number of carbonyl (C=O) groups is 1. The van der Waals surface area contributed by atoms with E-state index in [0.29, 0.717) is 18.7 Å². The summed E-state index contributed by atoms with van der Waals surface area (Å²) >= 11 is 3.34. The van der Waals surface area contributed by atoms with Gasteiger partial charge in [-0.2, -0.15) is 5.10 Å². The Bertz CT molecular complexity index is 611. The molecular formula is C16H20BrN3O. The first-order chi connectivity index (χ1) is 9.86. The Balaban J connectivity index is 1.88. The van der Waals surface area contributed by atoms with Crippen molar-refractivity contribution in [3.63, 3.8) is 0 Å². The molecule has 21 heavy (non-hydrogen) atoms. The summed E-state index contributed by atoms with van der Waals surface area (Å²) in [6.45, 7) is 7.67. The predicted molar refractivity (Wildman–Crippen MR) is 87.4 cm³/mol. The normalized spacial score (nSPS) is 11.4. The molecule has 0 bridgehead atoms. The fourth-order valence-electron chi connectivity index (χ4n) is 1.97. The summed E-state index contributed by atoms with van der Waals surface area (Å²) in [7, 11) is 0. The van der Waals surface area contributed by atoms with E-state index in [9.17, 15) is 4.79 Å². The lowest BCUT2D eigenvalue weighted by Crippen LogP contribution is -2.27. The molecule has 1 aromatic carbocycles. The molecule has 0 radical (unpaired) electrons. The third kappa shape index (κ3) is 4.43. The number of rotatable bonds is 4. The monoisotopic (exact) mass is 349 g/mol.